The van der Waals surface area contributed by atoms with Crippen LogP contribution in [0, 0.1) is 13.8 Å². The van der Waals surface area contributed by atoms with Crippen molar-refractivity contribution < 1.29 is 14.6 Å². The molecule has 0 heterocycles. The lowest BCUT2D eigenvalue weighted by Gasteiger charge is -2.17. The van der Waals surface area contributed by atoms with Crippen LogP contribution in [0.5, 0.6) is 11.5 Å². The van der Waals surface area contributed by atoms with Crippen LogP contribution in [0.4, 0.5) is 0 Å². The van der Waals surface area contributed by atoms with Crippen LogP contribution in [-0.4, -0.2) is 42.7 Å². The van der Waals surface area contributed by atoms with Crippen LogP contribution in [-0.2, 0) is 11.3 Å². The molecule has 5 nitrogen and oxygen atoms in total. The van der Waals surface area contributed by atoms with E-state index in [1.54, 1.807) is 12.1 Å². The average molecular weight is 377 g/mol. The molecule has 2 aromatic rings. The highest BCUT2D eigenvalue weighted by molar-refractivity contribution is 6.30. The van der Waals surface area contributed by atoms with E-state index in [4.69, 9.17) is 16.3 Å². The van der Waals surface area contributed by atoms with Crippen molar-refractivity contribution in [3.63, 3.8) is 0 Å². The first-order chi connectivity index (χ1) is 12.3. The Morgan fingerprint density at radius 2 is 1.81 bits per heavy atom. The van der Waals surface area contributed by atoms with Crippen molar-refractivity contribution in [1.82, 2.24) is 10.2 Å². The first-order valence-corrected chi connectivity index (χ1v) is 8.85. The quantitative estimate of drug-likeness (QED) is 0.742. The molecular weight excluding hydrogens is 352 g/mol. The van der Waals surface area contributed by atoms with Crippen molar-refractivity contribution in [2.45, 2.75) is 20.4 Å². The summed E-state index contributed by atoms with van der Waals surface area (Å²) in [4.78, 5) is 14.0. The third-order valence-corrected chi connectivity index (χ3v) is 4.26. The number of nitrogens with zero attached hydrogens (tertiary/aromatic N) is 1. The molecule has 0 aromatic heterocycles. The summed E-state index contributed by atoms with van der Waals surface area (Å²) in [5.74, 6) is 1.01. The molecule has 0 unspecified atom stereocenters. The monoisotopic (exact) mass is 376 g/mol. The standard InChI is InChI=1S/C20H25ClN2O3/c1-14-10-16(11-15(2)20(14)25)12-22-19(24)13-23(3)8-9-26-18-6-4-17(21)5-7-18/h4-7,10-11,25H,8-9,12-13H2,1-3H3,(H,22,24). The van der Waals surface area contributed by atoms with Crippen LogP contribution >= 0.6 is 11.6 Å². The molecular formula is C20H25ClN2O3. The van der Waals surface area contributed by atoms with Gasteiger partial charge in [0, 0.05) is 18.1 Å². The van der Waals surface area contributed by atoms with E-state index in [0.29, 0.717) is 37.0 Å². The van der Waals surface area contributed by atoms with E-state index >= 15 is 0 Å². The van der Waals surface area contributed by atoms with Crippen LogP contribution in [0.15, 0.2) is 36.4 Å². The van der Waals surface area contributed by atoms with Crippen molar-refractivity contribution in [2.75, 3.05) is 26.7 Å². The summed E-state index contributed by atoms with van der Waals surface area (Å²) < 4.78 is 5.62. The topological polar surface area (TPSA) is 61.8 Å². The Morgan fingerprint density at radius 1 is 1.19 bits per heavy atom. The van der Waals surface area contributed by atoms with Crippen molar-refractivity contribution in [3.8, 4) is 11.5 Å². The largest absolute Gasteiger partial charge is 0.507 e. The van der Waals surface area contributed by atoms with Crippen molar-refractivity contribution in [2.24, 2.45) is 0 Å². The van der Waals surface area contributed by atoms with Gasteiger partial charge in [-0.25, -0.2) is 0 Å². The predicted octanol–water partition coefficient (Wildman–Crippen LogP) is 3.29. The van der Waals surface area contributed by atoms with Crippen molar-refractivity contribution in [3.05, 3.63) is 58.1 Å². The first kappa shape index (κ1) is 20.1. The molecule has 140 valence electrons. The van der Waals surface area contributed by atoms with Gasteiger partial charge in [0.25, 0.3) is 0 Å². The predicted molar refractivity (Wildman–Crippen MR) is 104 cm³/mol. The second kappa shape index (κ2) is 9.46. The number of amides is 1. The molecule has 0 radical (unpaired) electrons. The Labute approximate surface area is 159 Å². The number of phenols is 1. The van der Waals surface area contributed by atoms with Crippen molar-refractivity contribution in [1.29, 1.82) is 0 Å². The van der Waals surface area contributed by atoms with Gasteiger partial charge in [0.1, 0.15) is 18.1 Å². The molecule has 26 heavy (non-hydrogen) atoms. The first-order valence-electron chi connectivity index (χ1n) is 8.48. The number of halogens is 1. The fraction of sp³-hybridized carbons (Fsp3) is 0.350. The number of ether oxygens (including phenoxy) is 1. The fourth-order valence-electron chi connectivity index (χ4n) is 2.58. The maximum atomic E-state index is 12.1. The molecule has 0 atom stereocenters. The number of aryl methyl sites for hydroxylation is 2. The van der Waals surface area contributed by atoms with Gasteiger partial charge in [-0.1, -0.05) is 23.7 Å². The minimum Gasteiger partial charge on any atom is -0.507 e. The molecule has 0 saturated heterocycles. The number of phenolic OH excluding ortho intramolecular Hbond substituents is 1. The van der Waals surface area contributed by atoms with E-state index in [0.717, 1.165) is 22.4 Å². The highest BCUT2D eigenvalue weighted by atomic mass is 35.5. The average Bonchev–Trinajstić information content (AvgIpc) is 2.59. The highest BCUT2D eigenvalue weighted by Gasteiger charge is 2.08. The second-order valence-corrected chi connectivity index (χ2v) is 6.83. The summed E-state index contributed by atoms with van der Waals surface area (Å²) in [6.45, 7) is 5.55. The summed E-state index contributed by atoms with van der Waals surface area (Å²) in [7, 11) is 1.87. The zero-order valence-electron chi connectivity index (χ0n) is 15.4. The van der Waals surface area contributed by atoms with Gasteiger partial charge in [0.2, 0.25) is 5.91 Å². The fourth-order valence-corrected chi connectivity index (χ4v) is 2.70. The molecule has 0 aliphatic carbocycles. The summed E-state index contributed by atoms with van der Waals surface area (Å²) >= 11 is 5.83. The van der Waals surface area contributed by atoms with E-state index in [9.17, 15) is 9.90 Å². The van der Waals surface area contributed by atoms with Gasteiger partial charge in [-0.3, -0.25) is 9.69 Å². The summed E-state index contributed by atoms with van der Waals surface area (Å²) in [6.07, 6.45) is 0. The molecule has 1 amide bonds. The Bertz CT molecular complexity index is 724. The van der Waals surface area contributed by atoms with Crippen LogP contribution < -0.4 is 10.1 Å². The Hall–Kier alpha value is -2.24. The van der Waals surface area contributed by atoms with Gasteiger partial charge in [-0.15, -0.1) is 0 Å². The smallest absolute Gasteiger partial charge is 0.234 e. The van der Waals surface area contributed by atoms with E-state index < -0.39 is 0 Å². The maximum absolute atomic E-state index is 12.1. The maximum Gasteiger partial charge on any atom is 0.234 e. The normalized spacial score (nSPS) is 10.8. The molecule has 0 spiro atoms. The van der Waals surface area contributed by atoms with E-state index in [1.165, 1.54) is 0 Å². The molecule has 2 rings (SSSR count). The lowest BCUT2D eigenvalue weighted by molar-refractivity contribution is -0.122. The SMILES string of the molecule is Cc1cc(CNC(=O)CN(C)CCOc2ccc(Cl)cc2)cc(C)c1O. The molecule has 2 N–H and O–H groups in total. The number of carbonyl (C=O) groups is 1. The zero-order valence-corrected chi connectivity index (χ0v) is 16.1. The molecule has 0 saturated carbocycles. The highest BCUT2D eigenvalue weighted by Crippen LogP contribution is 2.22. The number of hydrogen-bond acceptors (Lipinski definition) is 4. The van der Waals surface area contributed by atoms with E-state index in [2.05, 4.69) is 5.32 Å². The minimum atomic E-state index is -0.0534. The Balaban J connectivity index is 1.70. The zero-order chi connectivity index (χ0) is 19.1. The van der Waals surface area contributed by atoms with Gasteiger partial charge >= 0.3 is 0 Å². The number of nitrogens with one attached hydrogen (secondary N) is 1. The molecule has 0 fully saturated rings. The summed E-state index contributed by atoms with van der Waals surface area (Å²) in [5.41, 5.74) is 2.59. The number of benzene rings is 2. The van der Waals surface area contributed by atoms with Gasteiger partial charge in [-0.2, -0.15) is 0 Å². The third-order valence-electron chi connectivity index (χ3n) is 4.01. The Kier molecular flexibility index (Phi) is 7.30. The molecule has 0 aliphatic heterocycles. The number of hydrogen-bond donors (Lipinski definition) is 2. The molecule has 0 aliphatic rings. The van der Waals surface area contributed by atoms with Crippen LogP contribution in [0.2, 0.25) is 5.02 Å². The second-order valence-electron chi connectivity index (χ2n) is 6.40. The van der Waals surface area contributed by atoms with E-state index in [-0.39, 0.29) is 5.91 Å². The number of rotatable bonds is 8. The van der Waals surface area contributed by atoms with Crippen LogP contribution in [0.25, 0.3) is 0 Å². The van der Waals surface area contributed by atoms with E-state index in [1.807, 2.05) is 50.1 Å². The summed E-state index contributed by atoms with van der Waals surface area (Å²) in [6, 6.07) is 11.0. The van der Waals surface area contributed by atoms with Crippen LogP contribution in [0.3, 0.4) is 0 Å². The van der Waals surface area contributed by atoms with Crippen LogP contribution in [0.1, 0.15) is 16.7 Å². The lowest BCUT2D eigenvalue weighted by atomic mass is 10.1. The van der Waals surface area contributed by atoms with Gasteiger partial charge in [0.15, 0.2) is 0 Å². The third kappa shape index (κ3) is 6.24. The van der Waals surface area contributed by atoms with Gasteiger partial charge in [0.05, 0.1) is 6.54 Å². The number of likely N-dealkylation sites (N-methyl/N-ethyl adjacent to an activating group) is 1. The molecule has 0 bridgehead atoms. The number of carbonyl (C=O) groups excluding carboxylic acids is 1. The molecule has 6 heteroatoms. The number of aromatic hydroxyl groups is 1. The van der Waals surface area contributed by atoms with Gasteiger partial charge < -0.3 is 15.2 Å². The molecule has 2 aromatic carbocycles. The Morgan fingerprint density at radius 3 is 2.42 bits per heavy atom. The van der Waals surface area contributed by atoms with Crippen molar-refractivity contribution >= 4 is 17.5 Å². The minimum absolute atomic E-state index is 0.0534. The lowest BCUT2D eigenvalue weighted by Crippen LogP contribution is -2.36. The van der Waals surface area contributed by atoms with Gasteiger partial charge in [-0.05, 0) is 61.9 Å². The summed E-state index contributed by atoms with van der Waals surface area (Å²) in [5, 5.41) is 13.4.